The van der Waals surface area contributed by atoms with Gasteiger partial charge in [0, 0.05) is 5.41 Å². The van der Waals surface area contributed by atoms with Crippen molar-refractivity contribution in [2.24, 2.45) is 46.3 Å². The molecular weight excluding hydrogens is 1050 g/mol. The van der Waals surface area contributed by atoms with Crippen LogP contribution in [0.1, 0.15) is 98.3 Å². The van der Waals surface area contributed by atoms with Gasteiger partial charge < -0.3 is 124 Å². The summed E-state index contributed by atoms with van der Waals surface area (Å²) in [5, 5.41) is 158. The molecule has 79 heavy (non-hydrogen) atoms. The van der Waals surface area contributed by atoms with Gasteiger partial charge in [-0.2, -0.15) is 0 Å². The van der Waals surface area contributed by atoms with Crippen molar-refractivity contribution in [3.05, 3.63) is 0 Å². The average molecular weight is 1140 g/mol. The van der Waals surface area contributed by atoms with Crippen molar-refractivity contribution in [3.8, 4) is 0 Å². The van der Waals surface area contributed by atoms with Gasteiger partial charge in [-0.3, -0.25) is 0 Å². The van der Waals surface area contributed by atoms with E-state index in [-0.39, 0.29) is 73.1 Å². The highest BCUT2D eigenvalue weighted by Crippen LogP contribution is 2.69. The van der Waals surface area contributed by atoms with Gasteiger partial charge in [0.15, 0.2) is 25.2 Å². The van der Waals surface area contributed by atoms with Crippen LogP contribution < -0.4 is 0 Å². The molecule has 8 rings (SSSR count). The van der Waals surface area contributed by atoms with Gasteiger partial charge in [-0.05, 0) is 85.9 Å². The van der Waals surface area contributed by atoms with E-state index in [4.69, 9.17) is 47.4 Å². The molecule has 0 radical (unpaired) electrons. The zero-order chi connectivity index (χ0) is 57.2. The quantitative estimate of drug-likeness (QED) is 0.0441. The number of unbranched alkanes of at least 4 members (excludes halogenated alkanes) is 2. The predicted molar refractivity (Wildman–Crippen MR) is 269 cm³/mol. The molecule has 0 amide bonds. The number of rotatable bonds is 23. The molecule has 460 valence electrons. The number of aliphatic hydroxyl groups is 15. The summed E-state index contributed by atoms with van der Waals surface area (Å²) >= 11 is 0. The van der Waals surface area contributed by atoms with Crippen molar-refractivity contribution < 1.29 is 124 Å². The van der Waals surface area contributed by atoms with E-state index in [1.54, 1.807) is 0 Å². The number of hydrogen-bond donors (Lipinski definition) is 15. The molecule has 0 aromatic rings. The minimum Gasteiger partial charge on any atom is -0.394 e. The van der Waals surface area contributed by atoms with Gasteiger partial charge >= 0.3 is 0 Å². The molecule has 0 aromatic heterocycles. The van der Waals surface area contributed by atoms with Crippen LogP contribution in [-0.2, 0) is 47.4 Å². The van der Waals surface area contributed by atoms with Crippen molar-refractivity contribution in [1.29, 1.82) is 0 Å². The van der Waals surface area contributed by atoms with Crippen LogP contribution in [0.4, 0.5) is 0 Å². The summed E-state index contributed by atoms with van der Waals surface area (Å²) in [4.78, 5) is 0. The minimum absolute atomic E-state index is 0.0634. The molecule has 0 spiro atoms. The lowest BCUT2D eigenvalue weighted by Gasteiger charge is -2.64. The van der Waals surface area contributed by atoms with E-state index in [1.165, 1.54) is 0 Å². The third-order valence-corrected chi connectivity index (χ3v) is 20.0. The summed E-state index contributed by atoms with van der Waals surface area (Å²) in [6, 6.07) is 0. The predicted octanol–water partition coefficient (Wildman–Crippen LogP) is -3.51. The largest absolute Gasteiger partial charge is 0.394 e. The number of ether oxygens (including phenoxy) is 10. The normalized spacial score (nSPS) is 50.6. The maximum atomic E-state index is 11.3. The Hall–Kier alpha value is -1.00. The molecule has 4 saturated carbocycles. The number of fused-ring (bicyclic) bond motifs is 5. The van der Waals surface area contributed by atoms with Crippen molar-refractivity contribution in [1.82, 2.24) is 0 Å². The SMILES string of the molecule is CCCCC[C@@H](C)[C@H]1CC[C@H]2[C@@H]3[C@H](OCCO[C@@H]4OC(CO)[C@@H](O[C@H]5OC(CO)[C@@H](O)[C@H](O)C5O)[C@H](O)C4O)C[C@@H]4C[C@H](O)CC[C@]4(C)[C@H]3C[C@H](OCCO[C@@H]3OC(CO)[C@@H](O[C@H]4OC(CO)[C@@H](O)[C@H](O)C4O)[C@H](O)C3O)[C@]12C. The highest BCUT2D eigenvalue weighted by Gasteiger charge is 2.67. The third kappa shape index (κ3) is 12.9. The fraction of sp³-hybridized carbons (Fsp3) is 1.00. The zero-order valence-corrected chi connectivity index (χ0v) is 46.0. The van der Waals surface area contributed by atoms with E-state index in [9.17, 15) is 76.6 Å². The molecule has 25 nitrogen and oxygen atoms in total. The molecule has 8 unspecified atom stereocenters. The first-order valence-corrected chi connectivity index (χ1v) is 29.0. The maximum Gasteiger partial charge on any atom is 0.187 e. The molecule has 8 aliphatic rings. The van der Waals surface area contributed by atoms with Crippen molar-refractivity contribution in [3.63, 3.8) is 0 Å². The van der Waals surface area contributed by atoms with E-state index < -0.39 is 155 Å². The van der Waals surface area contributed by atoms with Gasteiger partial charge in [-0.1, -0.05) is 53.4 Å². The van der Waals surface area contributed by atoms with Gasteiger partial charge in [-0.25, -0.2) is 0 Å². The molecule has 15 N–H and O–H groups in total. The van der Waals surface area contributed by atoms with Gasteiger partial charge in [0.1, 0.15) is 97.7 Å². The van der Waals surface area contributed by atoms with Crippen LogP contribution >= 0.6 is 0 Å². The second-order valence-corrected chi connectivity index (χ2v) is 24.4. The number of aliphatic hydroxyl groups excluding tert-OH is 15. The van der Waals surface area contributed by atoms with E-state index in [1.807, 2.05) is 0 Å². The lowest BCUT2D eigenvalue weighted by molar-refractivity contribution is -0.360. The lowest BCUT2D eigenvalue weighted by Crippen LogP contribution is -2.64. The Labute approximate surface area is 461 Å². The first-order valence-electron chi connectivity index (χ1n) is 29.0. The Morgan fingerprint density at radius 3 is 1.48 bits per heavy atom. The third-order valence-electron chi connectivity index (χ3n) is 20.0. The van der Waals surface area contributed by atoms with Gasteiger partial charge in [0.25, 0.3) is 0 Å². The molecule has 4 aliphatic heterocycles. The van der Waals surface area contributed by atoms with Crippen LogP contribution in [0.2, 0.25) is 0 Å². The Kier molecular flexibility index (Phi) is 22.3. The lowest BCUT2D eigenvalue weighted by atomic mass is 9.43. The van der Waals surface area contributed by atoms with Gasteiger partial charge in [-0.15, -0.1) is 0 Å². The highest BCUT2D eigenvalue weighted by molar-refractivity contribution is 5.15. The van der Waals surface area contributed by atoms with Crippen molar-refractivity contribution >= 4 is 0 Å². The van der Waals surface area contributed by atoms with Crippen LogP contribution in [0.3, 0.4) is 0 Å². The zero-order valence-electron chi connectivity index (χ0n) is 46.0. The van der Waals surface area contributed by atoms with Crippen LogP contribution in [-0.4, -0.2) is 271 Å². The summed E-state index contributed by atoms with van der Waals surface area (Å²) in [5.74, 6) is 1.20. The van der Waals surface area contributed by atoms with Crippen LogP contribution in [0, 0.1) is 46.3 Å². The molecule has 0 bridgehead atoms. The Morgan fingerprint density at radius 1 is 0.494 bits per heavy atom. The molecule has 4 saturated heterocycles. The fourth-order valence-electron chi connectivity index (χ4n) is 15.5. The second kappa shape index (κ2) is 27.6. The molecular formula is C54H94O25. The summed E-state index contributed by atoms with van der Waals surface area (Å²) in [6.45, 7) is 6.42. The Balaban J connectivity index is 0.937. The maximum absolute atomic E-state index is 11.3. The summed E-state index contributed by atoms with van der Waals surface area (Å²) in [5.41, 5.74) is -0.474. The summed E-state index contributed by atoms with van der Waals surface area (Å²) < 4.78 is 60.1. The van der Waals surface area contributed by atoms with Gasteiger partial charge in [0.2, 0.25) is 0 Å². The van der Waals surface area contributed by atoms with E-state index >= 15 is 0 Å². The topological polar surface area (TPSA) is 396 Å². The first-order chi connectivity index (χ1) is 37.7. The minimum atomic E-state index is -1.80. The van der Waals surface area contributed by atoms with E-state index in [0.717, 1.165) is 44.9 Å². The van der Waals surface area contributed by atoms with Crippen molar-refractivity contribution in [2.75, 3.05) is 52.9 Å². The fourth-order valence-corrected chi connectivity index (χ4v) is 15.5. The molecule has 4 aliphatic carbocycles. The second-order valence-electron chi connectivity index (χ2n) is 24.4. The number of hydrogen-bond acceptors (Lipinski definition) is 25. The highest BCUT2D eigenvalue weighted by atomic mass is 16.8. The average Bonchev–Trinajstić information content (AvgIpc) is 3.88. The molecule has 4 heterocycles. The van der Waals surface area contributed by atoms with Crippen LogP contribution in [0.15, 0.2) is 0 Å². The monoisotopic (exact) mass is 1140 g/mol. The van der Waals surface area contributed by atoms with Crippen LogP contribution in [0.25, 0.3) is 0 Å². The van der Waals surface area contributed by atoms with E-state index in [2.05, 4.69) is 27.7 Å². The smallest absolute Gasteiger partial charge is 0.187 e. The van der Waals surface area contributed by atoms with E-state index in [0.29, 0.717) is 37.5 Å². The van der Waals surface area contributed by atoms with Crippen LogP contribution in [0.5, 0.6) is 0 Å². The summed E-state index contributed by atoms with van der Waals surface area (Å²) in [7, 11) is 0. The molecule has 25 heteroatoms. The summed E-state index contributed by atoms with van der Waals surface area (Å²) in [6.07, 6.45) is -22.8. The molecule has 31 atom stereocenters. The molecule has 8 fully saturated rings. The van der Waals surface area contributed by atoms with Crippen molar-refractivity contribution in [2.45, 2.75) is 239 Å². The standard InChI is InChI=1S/C54H94O25/c1-5-6-7-8-24(2)27-9-10-28-36-29(19-35(54(27,28)4)71-14-16-73-50-46(69)42(65)48(34(23-58)77-50)79-52-44(67)40(63)38(61)32(21-56)75-52)53(3)12-11-26(59)17-25(53)18-30(36)70-13-15-72-49-45(68)41(64)47(33(22-57)76-49)78-51-43(66)39(62)37(60)31(20-55)74-51/h24-52,55-69H,5-23H2,1-4H3/t24-,25+,26-,27-,28+,29+,30-,31?,32?,33?,34?,35+,36+,37-,38-,39+,40+,41-,42-,43?,44?,45?,46?,47-,48-,49-,50-,51-,52-,53+,54-/m1/s1. The molecule has 0 aromatic carbocycles. The first kappa shape index (κ1) is 64.0. The Morgan fingerprint density at radius 2 is 0.975 bits per heavy atom. The van der Waals surface area contributed by atoms with Gasteiger partial charge in [0.05, 0.1) is 71.2 Å². The Bertz CT molecular complexity index is 1860.